The van der Waals surface area contributed by atoms with Gasteiger partial charge in [-0.1, -0.05) is 42.5 Å². The molecular weight excluding hydrogens is 510 g/mol. The van der Waals surface area contributed by atoms with Crippen LogP contribution in [0.25, 0.3) is 10.8 Å². The van der Waals surface area contributed by atoms with Crippen LogP contribution in [0.15, 0.2) is 101 Å². The second kappa shape index (κ2) is 10.9. The molecule has 0 saturated heterocycles. The highest BCUT2D eigenvalue weighted by atomic mass is 16.3. The van der Waals surface area contributed by atoms with Crippen LogP contribution in [0, 0.1) is 0 Å². The van der Waals surface area contributed by atoms with Crippen LogP contribution in [-0.4, -0.2) is 32.6 Å². The quantitative estimate of drug-likeness (QED) is 0.208. The molecule has 0 aliphatic heterocycles. The summed E-state index contributed by atoms with van der Waals surface area (Å²) >= 11 is 0. The Labute approximate surface area is 228 Å². The second-order valence-corrected chi connectivity index (χ2v) is 8.77. The van der Waals surface area contributed by atoms with E-state index in [9.17, 15) is 19.5 Å². The molecule has 198 valence electrons. The van der Waals surface area contributed by atoms with Crippen molar-refractivity contribution in [1.29, 1.82) is 0 Å². The number of hydrogen-bond donors (Lipinski definition) is 4. The molecule has 0 saturated carbocycles. The predicted octanol–water partition coefficient (Wildman–Crippen LogP) is 5.30. The highest BCUT2D eigenvalue weighted by Gasteiger charge is 2.21. The fraction of sp³-hybridized carbons (Fsp3) is 0.0345. The zero-order chi connectivity index (χ0) is 28.2. The van der Waals surface area contributed by atoms with E-state index >= 15 is 0 Å². The minimum Gasteiger partial charge on any atom is -0.505 e. The number of carbonyl (C=O) groups is 3. The lowest BCUT2D eigenvalue weighted by Crippen LogP contribution is -2.13. The number of carbonyl (C=O) groups excluding carboxylic acids is 3. The number of benzene rings is 4. The molecule has 0 spiro atoms. The van der Waals surface area contributed by atoms with Crippen LogP contribution in [0.2, 0.25) is 0 Å². The normalized spacial score (nSPS) is 11.0. The summed E-state index contributed by atoms with van der Waals surface area (Å²) in [6, 6.07) is 23.9. The molecule has 0 atom stereocenters. The van der Waals surface area contributed by atoms with Crippen molar-refractivity contribution in [2.24, 2.45) is 23.0 Å². The molecule has 0 aliphatic carbocycles. The molecule has 0 unspecified atom stereocenters. The zero-order valence-electron chi connectivity index (χ0n) is 21.2. The average Bonchev–Trinajstić information content (AvgIpc) is 3.33. The van der Waals surface area contributed by atoms with Crippen molar-refractivity contribution >= 4 is 51.4 Å². The SMILES string of the molecule is Cn1ncc(C(N)=O)c1N=Nc1c(O)c(C(=O)Nc2ccccc2)cc2cc(C(=O)Nc3ccccc3)ccc12. The van der Waals surface area contributed by atoms with Crippen molar-refractivity contribution in [3.8, 4) is 5.75 Å². The average molecular weight is 534 g/mol. The van der Waals surface area contributed by atoms with Crippen molar-refractivity contribution in [1.82, 2.24) is 9.78 Å². The molecule has 4 aromatic carbocycles. The van der Waals surface area contributed by atoms with Crippen LogP contribution in [0.1, 0.15) is 31.1 Å². The summed E-state index contributed by atoms with van der Waals surface area (Å²) in [5, 5.41) is 29.9. The van der Waals surface area contributed by atoms with Crippen molar-refractivity contribution in [2.75, 3.05) is 10.6 Å². The Hall–Kier alpha value is -5.84. The minimum atomic E-state index is -0.749. The van der Waals surface area contributed by atoms with E-state index in [-0.39, 0.29) is 28.5 Å². The number of hydrogen-bond acceptors (Lipinski definition) is 7. The number of fused-ring (bicyclic) bond motifs is 1. The Kier molecular flexibility index (Phi) is 7.01. The standard InChI is InChI=1S/C29H23N7O4/c1-36-27(23(16-31-36)26(30)38)35-34-24-21-13-12-17(28(39)32-19-8-4-2-5-9-19)14-18(21)15-22(25(24)37)29(40)33-20-10-6-3-7-11-20/h2-16,37H,1H3,(H2,30,38)(H,32,39)(H,33,40). The van der Waals surface area contributed by atoms with E-state index in [0.29, 0.717) is 27.7 Å². The highest BCUT2D eigenvalue weighted by molar-refractivity contribution is 6.13. The molecule has 0 radical (unpaired) electrons. The van der Waals surface area contributed by atoms with E-state index < -0.39 is 17.6 Å². The van der Waals surface area contributed by atoms with Crippen LogP contribution in [0.5, 0.6) is 5.75 Å². The number of para-hydroxylation sites is 2. The summed E-state index contributed by atoms with van der Waals surface area (Å²) in [4.78, 5) is 38.0. The number of amides is 3. The Morgan fingerprint density at radius 3 is 2.08 bits per heavy atom. The molecule has 1 aromatic heterocycles. The molecule has 0 bridgehead atoms. The molecule has 5 aromatic rings. The zero-order valence-corrected chi connectivity index (χ0v) is 21.2. The van der Waals surface area contributed by atoms with Gasteiger partial charge in [0.15, 0.2) is 11.6 Å². The number of phenolic OH excluding ortho intramolecular Hbond substituents is 1. The molecule has 40 heavy (non-hydrogen) atoms. The third-order valence-electron chi connectivity index (χ3n) is 6.07. The van der Waals surface area contributed by atoms with Gasteiger partial charge >= 0.3 is 0 Å². The van der Waals surface area contributed by atoms with Gasteiger partial charge in [0.05, 0.1) is 11.8 Å². The van der Waals surface area contributed by atoms with Gasteiger partial charge in [-0.2, -0.15) is 5.10 Å². The number of nitrogens with one attached hydrogen (secondary N) is 2. The van der Waals surface area contributed by atoms with Crippen molar-refractivity contribution in [3.05, 3.63) is 108 Å². The van der Waals surface area contributed by atoms with E-state index in [4.69, 9.17) is 5.73 Å². The maximum atomic E-state index is 13.2. The molecule has 3 amide bonds. The number of anilines is 2. The van der Waals surface area contributed by atoms with E-state index in [1.54, 1.807) is 73.8 Å². The molecule has 0 aliphatic rings. The van der Waals surface area contributed by atoms with E-state index in [1.807, 2.05) is 12.1 Å². The summed E-state index contributed by atoms with van der Waals surface area (Å²) in [5.41, 5.74) is 6.79. The topological polar surface area (TPSA) is 164 Å². The third kappa shape index (κ3) is 5.24. The maximum absolute atomic E-state index is 13.2. The van der Waals surface area contributed by atoms with Gasteiger partial charge in [0, 0.05) is 29.4 Å². The lowest BCUT2D eigenvalue weighted by Gasteiger charge is -2.12. The molecule has 1 heterocycles. The molecule has 5 N–H and O–H groups in total. The first kappa shape index (κ1) is 25.8. The predicted molar refractivity (Wildman–Crippen MR) is 150 cm³/mol. The first-order valence-corrected chi connectivity index (χ1v) is 12.1. The number of nitrogens with zero attached hydrogens (tertiary/aromatic N) is 4. The first-order chi connectivity index (χ1) is 19.3. The third-order valence-corrected chi connectivity index (χ3v) is 6.07. The van der Waals surface area contributed by atoms with E-state index in [0.717, 1.165) is 0 Å². The van der Waals surface area contributed by atoms with Crippen LogP contribution < -0.4 is 16.4 Å². The summed E-state index contributed by atoms with van der Waals surface area (Å²) in [7, 11) is 1.56. The Balaban J connectivity index is 1.61. The van der Waals surface area contributed by atoms with Crippen LogP contribution >= 0.6 is 0 Å². The summed E-state index contributed by atoms with van der Waals surface area (Å²) < 4.78 is 1.31. The number of azo groups is 1. The lowest BCUT2D eigenvalue weighted by atomic mass is 10.0. The van der Waals surface area contributed by atoms with Gasteiger partial charge < -0.3 is 21.5 Å². The minimum absolute atomic E-state index is 0.0351. The molecule has 11 heteroatoms. The van der Waals surface area contributed by atoms with Crippen molar-refractivity contribution in [2.45, 2.75) is 0 Å². The fourth-order valence-corrected chi connectivity index (χ4v) is 4.06. The number of aromatic hydroxyl groups is 1. The largest absolute Gasteiger partial charge is 0.505 e. The number of aryl methyl sites for hydroxylation is 1. The molecular formula is C29H23N7O4. The number of rotatable bonds is 7. The van der Waals surface area contributed by atoms with Crippen LogP contribution in [-0.2, 0) is 7.05 Å². The fourth-order valence-electron chi connectivity index (χ4n) is 4.06. The van der Waals surface area contributed by atoms with Crippen molar-refractivity contribution < 1.29 is 19.5 Å². The lowest BCUT2D eigenvalue weighted by molar-refractivity contribution is 0.0996. The van der Waals surface area contributed by atoms with Crippen LogP contribution in [0.4, 0.5) is 22.9 Å². The Morgan fingerprint density at radius 1 is 0.825 bits per heavy atom. The van der Waals surface area contributed by atoms with Gasteiger partial charge in [0.1, 0.15) is 11.3 Å². The number of nitrogens with two attached hydrogens (primary N) is 1. The highest BCUT2D eigenvalue weighted by Crippen LogP contribution is 2.40. The number of phenols is 1. The monoisotopic (exact) mass is 533 g/mol. The van der Waals surface area contributed by atoms with Gasteiger partial charge in [0.25, 0.3) is 17.7 Å². The van der Waals surface area contributed by atoms with Crippen LogP contribution in [0.3, 0.4) is 0 Å². The summed E-state index contributed by atoms with van der Waals surface area (Å²) in [5.74, 6) is -2.08. The summed E-state index contributed by atoms with van der Waals surface area (Å²) in [6.07, 6.45) is 1.26. The van der Waals surface area contributed by atoms with Gasteiger partial charge in [-0.25, -0.2) is 4.68 Å². The Bertz CT molecular complexity index is 1780. The van der Waals surface area contributed by atoms with Crippen molar-refractivity contribution in [3.63, 3.8) is 0 Å². The summed E-state index contributed by atoms with van der Waals surface area (Å²) in [6.45, 7) is 0. The first-order valence-electron chi connectivity index (χ1n) is 12.1. The van der Waals surface area contributed by atoms with E-state index in [1.165, 1.54) is 16.9 Å². The van der Waals surface area contributed by atoms with Gasteiger partial charge in [-0.05, 0) is 47.9 Å². The number of aromatic nitrogens is 2. The van der Waals surface area contributed by atoms with Gasteiger partial charge in [0.2, 0.25) is 0 Å². The number of primary amides is 1. The molecule has 0 fully saturated rings. The van der Waals surface area contributed by atoms with E-state index in [2.05, 4.69) is 26.0 Å². The maximum Gasteiger partial charge on any atom is 0.259 e. The smallest absolute Gasteiger partial charge is 0.259 e. The molecule has 5 rings (SSSR count). The van der Waals surface area contributed by atoms with Gasteiger partial charge in [-0.3, -0.25) is 14.4 Å². The second-order valence-electron chi connectivity index (χ2n) is 8.77. The van der Waals surface area contributed by atoms with Gasteiger partial charge in [-0.15, -0.1) is 10.2 Å². The Morgan fingerprint density at radius 2 is 1.45 bits per heavy atom. The molecule has 11 nitrogen and oxygen atoms in total.